The zero-order valence-corrected chi connectivity index (χ0v) is 9.13. The van der Waals surface area contributed by atoms with E-state index in [-0.39, 0.29) is 5.56 Å². The van der Waals surface area contributed by atoms with Crippen molar-refractivity contribution in [1.82, 2.24) is 0 Å². The van der Waals surface area contributed by atoms with Crippen LogP contribution in [0.4, 0.5) is 17.6 Å². The maximum absolute atomic E-state index is 13.5. The molecule has 0 saturated heterocycles. The van der Waals surface area contributed by atoms with Gasteiger partial charge in [-0.25, -0.2) is 17.6 Å². The van der Waals surface area contributed by atoms with E-state index >= 15 is 0 Å². The van der Waals surface area contributed by atoms with Crippen molar-refractivity contribution in [1.29, 1.82) is 0 Å². The highest BCUT2D eigenvalue weighted by Crippen LogP contribution is 2.26. The molecule has 5 heteroatoms. The Balaban J connectivity index is 2.51. The number of hydrogen-bond donors (Lipinski definition) is 1. The molecule has 0 aliphatic heterocycles. The number of rotatable bonds is 2. The van der Waals surface area contributed by atoms with Crippen LogP contribution in [0.25, 0.3) is 0 Å². The van der Waals surface area contributed by atoms with Crippen molar-refractivity contribution < 1.29 is 17.6 Å². The predicted molar refractivity (Wildman–Crippen MR) is 58.7 cm³/mol. The molecule has 0 aliphatic carbocycles. The zero-order valence-electron chi connectivity index (χ0n) is 9.13. The molecule has 0 saturated carbocycles. The first-order valence-corrected chi connectivity index (χ1v) is 5.15. The summed E-state index contributed by atoms with van der Waals surface area (Å²) in [5, 5.41) is 0. The van der Waals surface area contributed by atoms with Crippen LogP contribution in [0.1, 0.15) is 17.2 Å². The maximum atomic E-state index is 13.5. The standard InChI is InChI=1S/C13H9F4N/c14-7-4-5-8(11(17)6-7)13(18)12-9(15)2-1-3-10(12)16/h1-6,13H,18H2. The van der Waals surface area contributed by atoms with Gasteiger partial charge in [0, 0.05) is 17.2 Å². The van der Waals surface area contributed by atoms with Crippen molar-refractivity contribution in [3.05, 3.63) is 70.8 Å². The second-order valence-corrected chi connectivity index (χ2v) is 3.78. The molecule has 1 unspecified atom stereocenters. The van der Waals surface area contributed by atoms with Gasteiger partial charge in [-0.1, -0.05) is 12.1 Å². The van der Waals surface area contributed by atoms with Crippen LogP contribution in [0.2, 0.25) is 0 Å². The number of nitrogens with two attached hydrogens (primary N) is 1. The number of benzene rings is 2. The van der Waals surface area contributed by atoms with E-state index in [2.05, 4.69) is 0 Å². The largest absolute Gasteiger partial charge is 0.320 e. The Morgan fingerprint density at radius 3 is 2.00 bits per heavy atom. The molecular weight excluding hydrogens is 246 g/mol. The molecule has 0 heterocycles. The third-order valence-electron chi connectivity index (χ3n) is 2.61. The third kappa shape index (κ3) is 2.22. The zero-order chi connectivity index (χ0) is 13.3. The van der Waals surface area contributed by atoms with E-state index in [0.29, 0.717) is 6.07 Å². The molecule has 0 amide bonds. The van der Waals surface area contributed by atoms with E-state index in [4.69, 9.17) is 5.73 Å². The smallest absolute Gasteiger partial charge is 0.131 e. The molecular formula is C13H9F4N. The Labute approximate surface area is 101 Å². The Bertz CT molecular complexity index is 563. The molecule has 2 N–H and O–H groups in total. The van der Waals surface area contributed by atoms with Crippen LogP contribution in [0.15, 0.2) is 36.4 Å². The molecule has 1 nitrogen and oxygen atoms in total. The average Bonchev–Trinajstić information content (AvgIpc) is 2.28. The molecule has 0 bridgehead atoms. The van der Waals surface area contributed by atoms with E-state index in [9.17, 15) is 17.6 Å². The van der Waals surface area contributed by atoms with Crippen LogP contribution < -0.4 is 5.73 Å². The first-order valence-electron chi connectivity index (χ1n) is 5.15. The third-order valence-corrected chi connectivity index (χ3v) is 2.61. The summed E-state index contributed by atoms with van der Waals surface area (Å²) in [5.41, 5.74) is 5.02. The molecule has 0 aliphatic rings. The predicted octanol–water partition coefficient (Wildman–Crippen LogP) is 3.29. The van der Waals surface area contributed by atoms with Crippen molar-refractivity contribution >= 4 is 0 Å². The number of hydrogen-bond acceptors (Lipinski definition) is 1. The molecule has 2 aromatic carbocycles. The fourth-order valence-electron chi connectivity index (χ4n) is 1.72. The second kappa shape index (κ2) is 4.78. The van der Waals surface area contributed by atoms with Gasteiger partial charge < -0.3 is 5.73 Å². The van der Waals surface area contributed by atoms with Crippen molar-refractivity contribution in [2.45, 2.75) is 6.04 Å². The van der Waals surface area contributed by atoms with Crippen LogP contribution >= 0.6 is 0 Å². The molecule has 18 heavy (non-hydrogen) atoms. The van der Waals surface area contributed by atoms with Gasteiger partial charge in [-0.3, -0.25) is 0 Å². The van der Waals surface area contributed by atoms with Crippen LogP contribution in [0, 0.1) is 23.3 Å². The van der Waals surface area contributed by atoms with E-state index in [1.165, 1.54) is 6.07 Å². The normalized spacial score (nSPS) is 12.5. The van der Waals surface area contributed by atoms with Gasteiger partial charge in [0.2, 0.25) is 0 Å². The van der Waals surface area contributed by atoms with Crippen LogP contribution in [0.5, 0.6) is 0 Å². The van der Waals surface area contributed by atoms with Gasteiger partial charge in [0.15, 0.2) is 0 Å². The van der Waals surface area contributed by atoms with Gasteiger partial charge in [-0.2, -0.15) is 0 Å². The van der Waals surface area contributed by atoms with Gasteiger partial charge in [-0.05, 0) is 18.2 Å². The summed E-state index contributed by atoms with van der Waals surface area (Å²) in [6.07, 6.45) is 0. The van der Waals surface area contributed by atoms with Gasteiger partial charge in [0.05, 0.1) is 6.04 Å². The van der Waals surface area contributed by atoms with E-state index < -0.39 is 34.9 Å². The highest BCUT2D eigenvalue weighted by Gasteiger charge is 2.21. The lowest BCUT2D eigenvalue weighted by atomic mass is 9.98. The molecule has 0 radical (unpaired) electrons. The molecule has 1 atom stereocenters. The van der Waals surface area contributed by atoms with Crippen LogP contribution in [-0.4, -0.2) is 0 Å². The minimum absolute atomic E-state index is 0.166. The lowest BCUT2D eigenvalue weighted by Gasteiger charge is -2.15. The lowest BCUT2D eigenvalue weighted by Crippen LogP contribution is -2.17. The Morgan fingerprint density at radius 2 is 1.44 bits per heavy atom. The Hall–Kier alpha value is -1.88. The van der Waals surface area contributed by atoms with Gasteiger partial charge in [-0.15, -0.1) is 0 Å². The SMILES string of the molecule is NC(c1ccc(F)cc1F)c1c(F)cccc1F. The molecule has 0 aromatic heterocycles. The van der Waals surface area contributed by atoms with Crippen LogP contribution in [-0.2, 0) is 0 Å². The van der Waals surface area contributed by atoms with Gasteiger partial charge in [0.1, 0.15) is 23.3 Å². The fourth-order valence-corrected chi connectivity index (χ4v) is 1.72. The van der Waals surface area contributed by atoms with Gasteiger partial charge >= 0.3 is 0 Å². The molecule has 2 aromatic rings. The summed E-state index contributed by atoms with van der Waals surface area (Å²) in [4.78, 5) is 0. The summed E-state index contributed by atoms with van der Waals surface area (Å²) in [5.74, 6) is -3.46. The minimum Gasteiger partial charge on any atom is -0.320 e. The first kappa shape index (κ1) is 12.6. The van der Waals surface area contributed by atoms with Crippen molar-refractivity contribution in [3.8, 4) is 0 Å². The molecule has 0 spiro atoms. The maximum Gasteiger partial charge on any atom is 0.131 e. The van der Waals surface area contributed by atoms with E-state index in [1.807, 2.05) is 0 Å². The first-order chi connectivity index (χ1) is 8.50. The summed E-state index contributed by atoms with van der Waals surface area (Å²) in [6, 6.07) is 4.58. The molecule has 2 rings (SSSR count). The summed E-state index contributed by atoms with van der Waals surface area (Å²) < 4.78 is 53.2. The second-order valence-electron chi connectivity index (χ2n) is 3.78. The lowest BCUT2D eigenvalue weighted by molar-refractivity contribution is 0.528. The monoisotopic (exact) mass is 255 g/mol. The summed E-state index contributed by atoms with van der Waals surface area (Å²) in [6.45, 7) is 0. The quantitative estimate of drug-likeness (QED) is 0.819. The summed E-state index contributed by atoms with van der Waals surface area (Å²) in [7, 11) is 0. The number of halogens is 4. The van der Waals surface area contributed by atoms with E-state index in [0.717, 1.165) is 24.3 Å². The molecule has 94 valence electrons. The van der Waals surface area contributed by atoms with Gasteiger partial charge in [0.25, 0.3) is 0 Å². The Kier molecular flexibility index (Phi) is 3.34. The van der Waals surface area contributed by atoms with Crippen molar-refractivity contribution in [2.75, 3.05) is 0 Å². The average molecular weight is 255 g/mol. The highest BCUT2D eigenvalue weighted by molar-refractivity contribution is 5.34. The fraction of sp³-hybridized carbons (Fsp3) is 0.0769. The van der Waals surface area contributed by atoms with Crippen molar-refractivity contribution in [3.63, 3.8) is 0 Å². The van der Waals surface area contributed by atoms with E-state index in [1.54, 1.807) is 0 Å². The summed E-state index contributed by atoms with van der Waals surface area (Å²) >= 11 is 0. The topological polar surface area (TPSA) is 26.0 Å². The van der Waals surface area contributed by atoms with Crippen LogP contribution in [0.3, 0.4) is 0 Å². The minimum atomic E-state index is -1.33. The molecule has 0 fully saturated rings. The highest BCUT2D eigenvalue weighted by atomic mass is 19.1. The van der Waals surface area contributed by atoms with Crippen molar-refractivity contribution in [2.24, 2.45) is 5.73 Å². The Morgan fingerprint density at radius 1 is 0.833 bits per heavy atom.